The van der Waals surface area contributed by atoms with Crippen molar-refractivity contribution in [3.05, 3.63) is 23.8 Å². The number of nitrogens with zero attached hydrogens (tertiary/aromatic N) is 1. The number of carbonyl (C=O) groups is 2. The van der Waals surface area contributed by atoms with Crippen LogP contribution in [0.3, 0.4) is 0 Å². The number of ether oxygens (including phenoxy) is 1. The Morgan fingerprint density at radius 2 is 2.15 bits per heavy atom. The normalized spacial score (nSPS) is 17.6. The number of benzene rings is 1. The molecule has 6 heteroatoms. The highest BCUT2D eigenvalue weighted by molar-refractivity contribution is 6.02. The number of nitrogen functional groups attached to an aromatic ring is 1. The Labute approximate surface area is 117 Å². The maximum absolute atomic E-state index is 12.7. The van der Waals surface area contributed by atoms with Gasteiger partial charge in [0.2, 0.25) is 5.91 Å². The van der Waals surface area contributed by atoms with Gasteiger partial charge in [0.1, 0.15) is 11.3 Å². The molecule has 1 heterocycles. The SMILES string of the molecule is COc1ccc(N)cc1C(=O)N1CCNC(=O)C1(C)C. The van der Waals surface area contributed by atoms with Crippen LogP contribution in [0.2, 0.25) is 0 Å². The van der Waals surface area contributed by atoms with Crippen LogP contribution in [0.4, 0.5) is 5.69 Å². The average molecular weight is 277 g/mol. The van der Waals surface area contributed by atoms with Gasteiger partial charge >= 0.3 is 0 Å². The van der Waals surface area contributed by atoms with Crippen LogP contribution in [0.25, 0.3) is 0 Å². The number of nitrogens with one attached hydrogen (secondary N) is 1. The van der Waals surface area contributed by atoms with Crippen LogP contribution in [0.5, 0.6) is 5.75 Å². The van der Waals surface area contributed by atoms with Crippen molar-refractivity contribution in [3.63, 3.8) is 0 Å². The molecule has 0 aromatic heterocycles. The predicted octanol–water partition coefficient (Wildman–Crippen LogP) is 0.628. The maximum atomic E-state index is 12.7. The number of carbonyl (C=O) groups excluding carboxylic acids is 2. The van der Waals surface area contributed by atoms with Gasteiger partial charge < -0.3 is 20.7 Å². The highest BCUT2D eigenvalue weighted by Crippen LogP contribution is 2.27. The number of methoxy groups -OCH3 is 1. The Morgan fingerprint density at radius 1 is 1.45 bits per heavy atom. The van der Waals surface area contributed by atoms with Crippen molar-refractivity contribution in [2.24, 2.45) is 0 Å². The van der Waals surface area contributed by atoms with Crippen molar-refractivity contribution in [3.8, 4) is 5.75 Å². The van der Waals surface area contributed by atoms with Crippen LogP contribution in [0.15, 0.2) is 18.2 Å². The molecule has 1 fully saturated rings. The largest absolute Gasteiger partial charge is 0.496 e. The first kappa shape index (κ1) is 14.2. The topological polar surface area (TPSA) is 84.7 Å². The Hall–Kier alpha value is -2.24. The fourth-order valence-corrected chi connectivity index (χ4v) is 2.29. The molecule has 0 bridgehead atoms. The number of hydrogen-bond acceptors (Lipinski definition) is 4. The Balaban J connectivity index is 2.40. The van der Waals surface area contributed by atoms with Crippen LogP contribution in [0, 0.1) is 0 Å². The molecule has 1 aliphatic rings. The van der Waals surface area contributed by atoms with Crippen molar-refractivity contribution in [2.45, 2.75) is 19.4 Å². The molecule has 0 radical (unpaired) electrons. The molecular formula is C14H19N3O3. The van der Waals surface area contributed by atoms with E-state index >= 15 is 0 Å². The van der Waals surface area contributed by atoms with E-state index in [9.17, 15) is 9.59 Å². The summed E-state index contributed by atoms with van der Waals surface area (Å²) in [6.45, 7) is 4.34. The quantitative estimate of drug-likeness (QED) is 0.776. The molecule has 0 unspecified atom stereocenters. The van der Waals surface area contributed by atoms with E-state index in [4.69, 9.17) is 10.5 Å². The van der Waals surface area contributed by atoms with Gasteiger partial charge in [0.15, 0.2) is 0 Å². The third kappa shape index (κ3) is 2.29. The monoisotopic (exact) mass is 277 g/mol. The van der Waals surface area contributed by atoms with Crippen LogP contribution >= 0.6 is 0 Å². The molecule has 20 heavy (non-hydrogen) atoms. The van der Waals surface area contributed by atoms with Gasteiger partial charge in [-0.15, -0.1) is 0 Å². The number of anilines is 1. The van der Waals surface area contributed by atoms with E-state index in [0.717, 1.165) is 0 Å². The second-order valence-corrected chi connectivity index (χ2v) is 5.23. The third-order valence-electron chi connectivity index (χ3n) is 3.55. The summed E-state index contributed by atoms with van der Waals surface area (Å²) in [5.41, 5.74) is 5.69. The molecule has 1 aromatic carbocycles. The summed E-state index contributed by atoms with van der Waals surface area (Å²) >= 11 is 0. The van der Waals surface area contributed by atoms with Gasteiger partial charge in [0.25, 0.3) is 5.91 Å². The van der Waals surface area contributed by atoms with E-state index in [1.54, 1.807) is 36.9 Å². The lowest BCUT2D eigenvalue weighted by Gasteiger charge is -2.41. The number of hydrogen-bond donors (Lipinski definition) is 2. The average Bonchev–Trinajstić information content (AvgIpc) is 2.41. The molecule has 3 N–H and O–H groups in total. The second kappa shape index (κ2) is 5.03. The molecule has 6 nitrogen and oxygen atoms in total. The van der Waals surface area contributed by atoms with Gasteiger partial charge in [-0.25, -0.2) is 0 Å². The van der Waals surface area contributed by atoms with Gasteiger partial charge in [-0.05, 0) is 32.0 Å². The fourth-order valence-electron chi connectivity index (χ4n) is 2.29. The standard InChI is InChI=1S/C14H19N3O3/c1-14(2)13(19)16-6-7-17(14)12(18)10-8-9(15)4-5-11(10)20-3/h4-5,8H,6-7,15H2,1-3H3,(H,16,19). The Kier molecular flexibility index (Phi) is 3.57. The van der Waals surface area contributed by atoms with E-state index < -0.39 is 5.54 Å². The first-order chi connectivity index (χ1) is 9.37. The summed E-state index contributed by atoms with van der Waals surface area (Å²) in [4.78, 5) is 26.2. The molecule has 1 saturated heterocycles. The molecular weight excluding hydrogens is 258 g/mol. The zero-order valence-electron chi connectivity index (χ0n) is 11.9. The zero-order valence-corrected chi connectivity index (χ0v) is 11.9. The molecule has 0 spiro atoms. The van der Waals surface area contributed by atoms with Gasteiger partial charge in [0, 0.05) is 18.8 Å². The van der Waals surface area contributed by atoms with Gasteiger partial charge in [0.05, 0.1) is 12.7 Å². The number of rotatable bonds is 2. The smallest absolute Gasteiger partial charge is 0.258 e. The predicted molar refractivity (Wildman–Crippen MR) is 75.5 cm³/mol. The molecule has 0 saturated carbocycles. The maximum Gasteiger partial charge on any atom is 0.258 e. The van der Waals surface area contributed by atoms with Crippen LogP contribution in [0.1, 0.15) is 24.2 Å². The Bertz CT molecular complexity index is 555. The minimum Gasteiger partial charge on any atom is -0.496 e. The summed E-state index contributed by atoms with van der Waals surface area (Å²) in [5, 5.41) is 2.76. The molecule has 0 aliphatic carbocycles. The molecule has 0 atom stereocenters. The number of amides is 2. The van der Waals surface area contributed by atoms with Crippen molar-refractivity contribution in [2.75, 3.05) is 25.9 Å². The van der Waals surface area contributed by atoms with E-state index in [2.05, 4.69) is 5.32 Å². The summed E-state index contributed by atoms with van der Waals surface area (Å²) in [6, 6.07) is 4.90. The van der Waals surface area contributed by atoms with Crippen LogP contribution in [-0.4, -0.2) is 42.5 Å². The van der Waals surface area contributed by atoms with E-state index in [-0.39, 0.29) is 11.8 Å². The zero-order chi connectivity index (χ0) is 14.9. The summed E-state index contributed by atoms with van der Waals surface area (Å²) < 4.78 is 5.20. The molecule has 1 aromatic rings. The second-order valence-electron chi connectivity index (χ2n) is 5.23. The number of piperazine rings is 1. The first-order valence-electron chi connectivity index (χ1n) is 6.41. The molecule has 2 rings (SSSR count). The molecule has 2 amide bonds. The fraction of sp³-hybridized carbons (Fsp3) is 0.429. The van der Waals surface area contributed by atoms with Gasteiger partial charge in [-0.1, -0.05) is 0 Å². The van der Waals surface area contributed by atoms with Crippen molar-refractivity contribution >= 4 is 17.5 Å². The van der Waals surface area contributed by atoms with Gasteiger partial charge in [-0.3, -0.25) is 9.59 Å². The lowest BCUT2D eigenvalue weighted by Crippen LogP contribution is -2.63. The van der Waals surface area contributed by atoms with E-state index in [1.807, 2.05) is 0 Å². The molecule has 1 aliphatic heterocycles. The van der Waals surface area contributed by atoms with E-state index in [0.29, 0.717) is 30.1 Å². The minimum atomic E-state index is -0.898. The van der Waals surface area contributed by atoms with Crippen molar-refractivity contribution < 1.29 is 14.3 Å². The van der Waals surface area contributed by atoms with Crippen molar-refractivity contribution in [1.29, 1.82) is 0 Å². The highest BCUT2D eigenvalue weighted by atomic mass is 16.5. The molecule has 108 valence electrons. The lowest BCUT2D eigenvalue weighted by molar-refractivity contribution is -0.133. The van der Waals surface area contributed by atoms with Crippen LogP contribution in [-0.2, 0) is 4.79 Å². The lowest BCUT2D eigenvalue weighted by atomic mass is 9.97. The van der Waals surface area contributed by atoms with Crippen molar-refractivity contribution in [1.82, 2.24) is 10.2 Å². The van der Waals surface area contributed by atoms with Crippen LogP contribution < -0.4 is 15.8 Å². The van der Waals surface area contributed by atoms with E-state index in [1.165, 1.54) is 7.11 Å². The highest BCUT2D eigenvalue weighted by Gasteiger charge is 2.41. The van der Waals surface area contributed by atoms with Gasteiger partial charge in [-0.2, -0.15) is 0 Å². The first-order valence-corrected chi connectivity index (χ1v) is 6.41. The summed E-state index contributed by atoms with van der Waals surface area (Å²) in [6.07, 6.45) is 0. The Morgan fingerprint density at radius 3 is 2.80 bits per heavy atom. The number of nitrogens with two attached hydrogens (primary N) is 1. The summed E-state index contributed by atoms with van der Waals surface area (Å²) in [5.74, 6) is 0.0277. The minimum absolute atomic E-state index is 0.167. The third-order valence-corrected chi connectivity index (χ3v) is 3.55. The summed E-state index contributed by atoms with van der Waals surface area (Å²) in [7, 11) is 1.50.